The second-order valence-corrected chi connectivity index (χ2v) is 3.85. The Balaban J connectivity index is 2.58. The van der Waals surface area contributed by atoms with Gasteiger partial charge in [-0.25, -0.2) is 0 Å². The predicted octanol–water partition coefficient (Wildman–Crippen LogP) is 3.98. The van der Waals surface area contributed by atoms with Crippen molar-refractivity contribution in [2.75, 3.05) is 5.75 Å². The van der Waals surface area contributed by atoms with Gasteiger partial charge < -0.3 is 0 Å². The summed E-state index contributed by atoms with van der Waals surface area (Å²) >= 11 is 0.484. The maximum atomic E-state index is 12.5. The van der Waals surface area contributed by atoms with Gasteiger partial charge in [-0.2, -0.15) is 22.0 Å². The lowest BCUT2D eigenvalue weighted by atomic mass is 10.4. The van der Waals surface area contributed by atoms with E-state index in [2.05, 4.69) is 0 Å². The highest BCUT2D eigenvalue weighted by Gasteiger charge is 2.57. The van der Waals surface area contributed by atoms with Crippen molar-refractivity contribution in [3.05, 3.63) is 30.3 Å². The van der Waals surface area contributed by atoms with Gasteiger partial charge in [0.05, 0.1) is 5.75 Å². The number of rotatable bonds is 3. The van der Waals surface area contributed by atoms with Crippen LogP contribution >= 0.6 is 11.8 Å². The summed E-state index contributed by atoms with van der Waals surface area (Å²) in [5, 5.41) is 0. The summed E-state index contributed by atoms with van der Waals surface area (Å²) in [6, 6.07) is 7.78. The second-order valence-electron chi connectivity index (χ2n) is 2.80. The van der Waals surface area contributed by atoms with Crippen LogP contribution in [-0.2, 0) is 0 Å². The molecule has 0 aliphatic carbocycles. The van der Waals surface area contributed by atoms with E-state index in [1.54, 1.807) is 18.2 Å². The molecule has 0 unspecified atom stereocenters. The molecule has 1 aromatic rings. The molecule has 0 fully saturated rings. The summed E-state index contributed by atoms with van der Waals surface area (Å²) in [5.74, 6) is -5.94. The van der Waals surface area contributed by atoms with E-state index in [9.17, 15) is 22.0 Å². The van der Waals surface area contributed by atoms with E-state index < -0.39 is 17.9 Å². The van der Waals surface area contributed by atoms with Crippen molar-refractivity contribution in [1.82, 2.24) is 0 Å². The fraction of sp³-hybridized carbons (Fsp3) is 0.333. The molecule has 0 heterocycles. The quantitative estimate of drug-likeness (QED) is 0.570. The Bertz CT molecular complexity index is 306. The highest BCUT2D eigenvalue weighted by Crippen LogP contribution is 2.39. The zero-order valence-electron chi connectivity index (χ0n) is 7.39. The van der Waals surface area contributed by atoms with E-state index in [0.717, 1.165) is 0 Å². The zero-order chi connectivity index (χ0) is 11.5. The molecule has 0 saturated heterocycles. The SMILES string of the molecule is FC(F)(F)C(F)(F)CSc1ccccc1. The van der Waals surface area contributed by atoms with Gasteiger partial charge in [-0.05, 0) is 12.1 Å². The van der Waals surface area contributed by atoms with E-state index in [4.69, 9.17) is 0 Å². The summed E-state index contributed by atoms with van der Waals surface area (Å²) < 4.78 is 60.3. The maximum Gasteiger partial charge on any atom is 0.454 e. The average Bonchev–Trinajstić information content (AvgIpc) is 2.15. The van der Waals surface area contributed by atoms with E-state index in [1.807, 2.05) is 0 Å². The van der Waals surface area contributed by atoms with Gasteiger partial charge in [0.1, 0.15) is 0 Å². The van der Waals surface area contributed by atoms with Crippen LogP contribution in [0.5, 0.6) is 0 Å². The molecule has 0 saturated carbocycles. The van der Waals surface area contributed by atoms with Crippen LogP contribution in [0.15, 0.2) is 35.2 Å². The van der Waals surface area contributed by atoms with Crippen LogP contribution in [0.2, 0.25) is 0 Å². The molecule has 0 radical (unpaired) electrons. The van der Waals surface area contributed by atoms with Crippen LogP contribution in [0.4, 0.5) is 22.0 Å². The lowest BCUT2D eigenvalue weighted by Crippen LogP contribution is -2.38. The largest absolute Gasteiger partial charge is 0.454 e. The summed E-state index contributed by atoms with van der Waals surface area (Å²) in [7, 11) is 0. The predicted molar refractivity (Wildman–Crippen MR) is 48.2 cm³/mol. The molecule has 1 rings (SSSR count). The molecule has 0 spiro atoms. The van der Waals surface area contributed by atoms with Gasteiger partial charge in [-0.1, -0.05) is 18.2 Å². The van der Waals surface area contributed by atoms with Crippen molar-refractivity contribution in [2.24, 2.45) is 0 Å². The molecular weight excluding hydrogens is 235 g/mol. The third-order valence-electron chi connectivity index (χ3n) is 1.58. The highest BCUT2D eigenvalue weighted by molar-refractivity contribution is 7.99. The molecule has 0 aliphatic rings. The van der Waals surface area contributed by atoms with E-state index in [-0.39, 0.29) is 0 Å². The van der Waals surface area contributed by atoms with Gasteiger partial charge in [0.25, 0.3) is 0 Å². The standard InChI is InChI=1S/C9H7F5S/c10-8(11,9(12,13)14)6-15-7-4-2-1-3-5-7/h1-5H,6H2. The van der Waals surface area contributed by atoms with Gasteiger partial charge in [-0.3, -0.25) is 0 Å². The van der Waals surface area contributed by atoms with E-state index >= 15 is 0 Å². The Labute approximate surface area is 87.5 Å². The number of alkyl halides is 5. The Morgan fingerprint density at radius 2 is 1.47 bits per heavy atom. The molecule has 84 valence electrons. The fourth-order valence-corrected chi connectivity index (χ4v) is 1.63. The number of hydrogen-bond donors (Lipinski definition) is 0. The van der Waals surface area contributed by atoms with Crippen LogP contribution < -0.4 is 0 Å². The van der Waals surface area contributed by atoms with Crippen LogP contribution in [0.3, 0.4) is 0 Å². The Hall–Kier alpha value is -0.780. The lowest BCUT2D eigenvalue weighted by Gasteiger charge is -2.18. The first-order valence-corrected chi connectivity index (χ1v) is 4.94. The number of halogens is 5. The first-order valence-electron chi connectivity index (χ1n) is 3.95. The second kappa shape index (κ2) is 4.38. The minimum atomic E-state index is -5.48. The van der Waals surface area contributed by atoms with Crippen LogP contribution in [0.25, 0.3) is 0 Å². The molecule has 1 aromatic carbocycles. The molecule has 15 heavy (non-hydrogen) atoms. The van der Waals surface area contributed by atoms with Crippen molar-refractivity contribution >= 4 is 11.8 Å². The molecule has 0 aliphatic heterocycles. The molecule has 0 N–H and O–H groups in total. The highest BCUT2D eigenvalue weighted by atomic mass is 32.2. The molecule has 0 amide bonds. The molecule has 0 nitrogen and oxygen atoms in total. The van der Waals surface area contributed by atoms with E-state index in [1.165, 1.54) is 12.1 Å². The van der Waals surface area contributed by atoms with Gasteiger partial charge in [-0.15, -0.1) is 11.8 Å². The molecule has 0 atom stereocenters. The average molecular weight is 242 g/mol. The van der Waals surface area contributed by atoms with Crippen molar-refractivity contribution in [3.63, 3.8) is 0 Å². The molecule has 0 bridgehead atoms. The summed E-state index contributed by atoms with van der Waals surface area (Å²) in [6.07, 6.45) is -5.48. The first-order chi connectivity index (χ1) is 6.83. The van der Waals surface area contributed by atoms with Crippen LogP contribution in [0.1, 0.15) is 0 Å². The zero-order valence-corrected chi connectivity index (χ0v) is 8.21. The lowest BCUT2D eigenvalue weighted by molar-refractivity contribution is -0.271. The fourth-order valence-electron chi connectivity index (χ4n) is 0.773. The Kier molecular flexibility index (Phi) is 3.59. The van der Waals surface area contributed by atoms with Crippen molar-refractivity contribution in [2.45, 2.75) is 17.0 Å². The molecular formula is C9H7F5S. The summed E-state index contributed by atoms with van der Waals surface area (Å²) in [4.78, 5) is 0.390. The third kappa shape index (κ3) is 3.37. The van der Waals surface area contributed by atoms with Gasteiger partial charge >= 0.3 is 12.1 Å². The molecule has 6 heteroatoms. The van der Waals surface area contributed by atoms with Gasteiger partial charge in [0.15, 0.2) is 0 Å². The minimum absolute atomic E-state index is 0.390. The summed E-state index contributed by atoms with van der Waals surface area (Å²) in [6.45, 7) is 0. The van der Waals surface area contributed by atoms with Gasteiger partial charge in [0.2, 0.25) is 0 Å². The minimum Gasteiger partial charge on any atom is -0.195 e. The monoisotopic (exact) mass is 242 g/mol. The maximum absolute atomic E-state index is 12.5. The topological polar surface area (TPSA) is 0 Å². The first kappa shape index (κ1) is 12.3. The number of benzene rings is 1. The van der Waals surface area contributed by atoms with Crippen molar-refractivity contribution < 1.29 is 22.0 Å². The van der Waals surface area contributed by atoms with Crippen molar-refractivity contribution in [3.8, 4) is 0 Å². The van der Waals surface area contributed by atoms with Crippen molar-refractivity contribution in [1.29, 1.82) is 0 Å². The number of thioether (sulfide) groups is 1. The normalized spacial score (nSPS) is 12.9. The number of hydrogen-bond acceptors (Lipinski definition) is 1. The molecule has 0 aromatic heterocycles. The van der Waals surface area contributed by atoms with Gasteiger partial charge in [0, 0.05) is 4.90 Å². The van der Waals surface area contributed by atoms with Crippen LogP contribution in [-0.4, -0.2) is 17.9 Å². The Morgan fingerprint density at radius 3 is 1.93 bits per heavy atom. The van der Waals surface area contributed by atoms with Crippen LogP contribution in [0, 0.1) is 0 Å². The smallest absolute Gasteiger partial charge is 0.195 e. The third-order valence-corrected chi connectivity index (χ3v) is 2.69. The summed E-state index contributed by atoms with van der Waals surface area (Å²) in [5.41, 5.74) is 0. The van der Waals surface area contributed by atoms with E-state index in [0.29, 0.717) is 16.7 Å². The Morgan fingerprint density at radius 1 is 0.933 bits per heavy atom.